The van der Waals surface area contributed by atoms with Gasteiger partial charge in [0.2, 0.25) is 0 Å². The summed E-state index contributed by atoms with van der Waals surface area (Å²) >= 11 is 0. The van der Waals surface area contributed by atoms with Crippen LogP contribution in [0, 0.1) is 5.41 Å². The van der Waals surface area contributed by atoms with Crippen molar-refractivity contribution < 1.29 is 0 Å². The summed E-state index contributed by atoms with van der Waals surface area (Å²) in [5.74, 6) is 0. The number of rotatable bonds is 3. The number of para-hydroxylation sites is 2. The molecule has 0 atom stereocenters. The molecule has 1 nitrogen and oxygen atoms in total. The number of anilines is 2. The molecule has 0 unspecified atom stereocenters. The summed E-state index contributed by atoms with van der Waals surface area (Å²) < 4.78 is 0. The summed E-state index contributed by atoms with van der Waals surface area (Å²) in [6.07, 6.45) is 1.06. The lowest BCUT2D eigenvalue weighted by molar-refractivity contribution is 0.411. The van der Waals surface area contributed by atoms with Gasteiger partial charge >= 0.3 is 0 Å². The minimum atomic E-state index is 0.116. The average molecular weight is 295 g/mol. The molecule has 0 amide bonds. The first-order valence-electron chi connectivity index (χ1n) is 8.11. The second-order valence-electron chi connectivity index (χ2n) is 8.32. The van der Waals surface area contributed by atoms with Crippen LogP contribution in [-0.4, -0.2) is 0 Å². The van der Waals surface area contributed by atoms with Gasteiger partial charge in [-0.15, -0.1) is 0 Å². The van der Waals surface area contributed by atoms with Crippen molar-refractivity contribution in [2.45, 2.75) is 53.4 Å². The van der Waals surface area contributed by atoms with Gasteiger partial charge in [0, 0.05) is 11.4 Å². The predicted molar refractivity (Wildman–Crippen MR) is 98.0 cm³/mol. The molecule has 118 valence electrons. The number of hydrogen-bond acceptors (Lipinski definition) is 1. The fourth-order valence-corrected chi connectivity index (χ4v) is 2.76. The Bertz CT molecular complexity index is 613. The van der Waals surface area contributed by atoms with Gasteiger partial charge in [-0.25, -0.2) is 0 Å². The molecule has 22 heavy (non-hydrogen) atoms. The van der Waals surface area contributed by atoms with Gasteiger partial charge in [0.1, 0.15) is 0 Å². The summed E-state index contributed by atoms with van der Waals surface area (Å²) in [6, 6.07) is 17.1. The Balaban J connectivity index is 2.50. The van der Waals surface area contributed by atoms with Crippen LogP contribution in [0.5, 0.6) is 0 Å². The van der Waals surface area contributed by atoms with Crippen molar-refractivity contribution in [3.63, 3.8) is 0 Å². The van der Waals surface area contributed by atoms with Crippen LogP contribution < -0.4 is 5.32 Å². The van der Waals surface area contributed by atoms with Crippen LogP contribution in [0.1, 0.15) is 52.7 Å². The SMILES string of the molecule is CC(C)(C)Cc1cccc(C(C)(C)C)c1Nc1ccccc1. The maximum absolute atomic E-state index is 3.67. The van der Waals surface area contributed by atoms with E-state index in [1.165, 1.54) is 16.8 Å². The predicted octanol–water partition coefficient (Wildman–Crippen LogP) is 6.32. The van der Waals surface area contributed by atoms with Crippen LogP contribution in [-0.2, 0) is 11.8 Å². The molecule has 0 bridgehead atoms. The van der Waals surface area contributed by atoms with E-state index < -0.39 is 0 Å². The zero-order chi connectivity index (χ0) is 16.4. The molecule has 0 saturated carbocycles. The highest BCUT2D eigenvalue weighted by Gasteiger charge is 2.22. The second-order valence-corrected chi connectivity index (χ2v) is 8.32. The molecule has 0 heterocycles. The summed E-state index contributed by atoms with van der Waals surface area (Å²) in [5, 5.41) is 3.67. The first kappa shape index (κ1) is 16.6. The quantitative estimate of drug-likeness (QED) is 0.699. The van der Waals surface area contributed by atoms with Gasteiger partial charge < -0.3 is 5.32 Å². The number of hydrogen-bond donors (Lipinski definition) is 1. The summed E-state index contributed by atoms with van der Waals surface area (Å²) in [5.41, 5.74) is 5.57. The van der Waals surface area contributed by atoms with E-state index in [0.29, 0.717) is 0 Å². The molecule has 0 aliphatic carbocycles. The van der Waals surface area contributed by atoms with E-state index in [9.17, 15) is 0 Å². The van der Waals surface area contributed by atoms with Crippen LogP contribution in [0.15, 0.2) is 48.5 Å². The lowest BCUT2D eigenvalue weighted by atomic mass is 9.81. The van der Waals surface area contributed by atoms with Gasteiger partial charge in [-0.2, -0.15) is 0 Å². The molecule has 2 aromatic carbocycles. The molecule has 0 saturated heterocycles. The Morgan fingerprint density at radius 2 is 1.41 bits per heavy atom. The lowest BCUT2D eigenvalue weighted by Gasteiger charge is -2.28. The molecule has 0 fully saturated rings. The Labute approximate surface area is 135 Å². The number of benzene rings is 2. The van der Waals surface area contributed by atoms with Gasteiger partial charge in [-0.3, -0.25) is 0 Å². The van der Waals surface area contributed by atoms with E-state index in [-0.39, 0.29) is 10.8 Å². The summed E-state index contributed by atoms with van der Waals surface area (Å²) in [4.78, 5) is 0. The molecule has 0 aliphatic heterocycles. The van der Waals surface area contributed by atoms with Crippen LogP contribution >= 0.6 is 0 Å². The van der Waals surface area contributed by atoms with Crippen LogP contribution in [0.2, 0.25) is 0 Å². The number of nitrogens with one attached hydrogen (secondary N) is 1. The van der Waals surface area contributed by atoms with Crippen molar-refractivity contribution in [2.24, 2.45) is 5.41 Å². The monoisotopic (exact) mass is 295 g/mol. The van der Waals surface area contributed by atoms with E-state index in [1.54, 1.807) is 0 Å². The van der Waals surface area contributed by atoms with Crippen LogP contribution in [0.25, 0.3) is 0 Å². The molecule has 0 spiro atoms. The van der Waals surface area contributed by atoms with Crippen molar-refractivity contribution in [1.82, 2.24) is 0 Å². The van der Waals surface area contributed by atoms with E-state index in [4.69, 9.17) is 0 Å². The zero-order valence-electron chi connectivity index (χ0n) is 14.8. The average Bonchev–Trinajstić information content (AvgIpc) is 2.39. The topological polar surface area (TPSA) is 12.0 Å². The maximum Gasteiger partial charge on any atom is 0.0454 e. The fraction of sp³-hybridized carbons (Fsp3) is 0.429. The normalized spacial score (nSPS) is 12.3. The first-order valence-corrected chi connectivity index (χ1v) is 8.11. The van der Waals surface area contributed by atoms with Crippen molar-refractivity contribution in [3.05, 3.63) is 59.7 Å². The Morgan fingerprint density at radius 3 is 1.95 bits per heavy atom. The second kappa shape index (κ2) is 6.16. The standard InChI is InChI=1S/C21H29N/c1-20(2,3)15-16-11-10-14-18(21(4,5)6)19(16)22-17-12-8-7-9-13-17/h7-14,22H,15H2,1-6H3. The van der Waals surface area contributed by atoms with Gasteiger partial charge in [-0.1, -0.05) is 77.9 Å². The Kier molecular flexibility index (Phi) is 4.65. The van der Waals surface area contributed by atoms with Gasteiger partial charge in [0.05, 0.1) is 0 Å². The zero-order valence-corrected chi connectivity index (χ0v) is 14.8. The van der Waals surface area contributed by atoms with E-state index in [1.807, 2.05) is 0 Å². The molecular formula is C21H29N. The lowest BCUT2D eigenvalue weighted by Crippen LogP contribution is -2.17. The van der Waals surface area contributed by atoms with Crippen LogP contribution in [0.4, 0.5) is 11.4 Å². The third-order valence-corrected chi connectivity index (χ3v) is 3.72. The minimum absolute atomic E-state index is 0.116. The maximum atomic E-state index is 3.67. The molecule has 1 N–H and O–H groups in total. The third kappa shape index (κ3) is 4.37. The third-order valence-electron chi connectivity index (χ3n) is 3.72. The largest absolute Gasteiger partial charge is 0.355 e. The summed E-state index contributed by atoms with van der Waals surface area (Å²) in [6.45, 7) is 13.7. The smallest absolute Gasteiger partial charge is 0.0454 e. The van der Waals surface area contributed by atoms with Gasteiger partial charge in [-0.05, 0) is 40.5 Å². The highest BCUT2D eigenvalue weighted by Crippen LogP contribution is 2.36. The Morgan fingerprint density at radius 1 is 0.773 bits per heavy atom. The first-order chi connectivity index (χ1) is 10.2. The van der Waals surface area contributed by atoms with Gasteiger partial charge in [0.25, 0.3) is 0 Å². The molecule has 0 aromatic heterocycles. The highest BCUT2D eigenvalue weighted by atomic mass is 14.9. The molecule has 2 rings (SSSR count). The highest BCUT2D eigenvalue weighted by molar-refractivity contribution is 5.68. The molecule has 0 radical (unpaired) electrons. The van der Waals surface area contributed by atoms with Crippen molar-refractivity contribution in [2.75, 3.05) is 5.32 Å². The summed E-state index contributed by atoms with van der Waals surface area (Å²) in [7, 11) is 0. The van der Waals surface area contributed by atoms with E-state index in [0.717, 1.165) is 12.1 Å². The molecule has 0 aliphatic rings. The van der Waals surface area contributed by atoms with Crippen molar-refractivity contribution in [1.29, 1.82) is 0 Å². The fourth-order valence-electron chi connectivity index (χ4n) is 2.76. The van der Waals surface area contributed by atoms with Crippen molar-refractivity contribution in [3.8, 4) is 0 Å². The molecule has 1 heteroatoms. The van der Waals surface area contributed by atoms with Crippen molar-refractivity contribution >= 4 is 11.4 Å². The minimum Gasteiger partial charge on any atom is -0.355 e. The van der Waals surface area contributed by atoms with Crippen LogP contribution in [0.3, 0.4) is 0 Å². The Hall–Kier alpha value is -1.76. The van der Waals surface area contributed by atoms with E-state index >= 15 is 0 Å². The molecule has 2 aromatic rings. The molecular weight excluding hydrogens is 266 g/mol. The van der Waals surface area contributed by atoms with E-state index in [2.05, 4.69) is 95.4 Å². The van der Waals surface area contributed by atoms with Gasteiger partial charge in [0.15, 0.2) is 0 Å².